The van der Waals surface area contributed by atoms with Gasteiger partial charge in [-0.15, -0.1) is 0 Å². The van der Waals surface area contributed by atoms with Crippen molar-refractivity contribution >= 4 is 5.97 Å². The molecule has 2 rings (SSSR count). The van der Waals surface area contributed by atoms with E-state index in [0.29, 0.717) is 17.9 Å². The maximum atomic E-state index is 11.7. The van der Waals surface area contributed by atoms with Gasteiger partial charge in [-0.2, -0.15) is 0 Å². The molecule has 116 valence electrons. The summed E-state index contributed by atoms with van der Waals surface area (Å²) in [6, 6.07) is 15.2. The second kappa shape index (κ2) is 7.61. The standard InChI is InChI=1S/C18H20O4/c1-3-21-16-12-14(13-8-6-5-7-9-13)10-11-15(16)17(19)18(20)22-4-2/h5-12,17,19H,3-4H2,1-2H3. The van der Waals surface area contributed by atoms with E-state index in [1.165, 1.54) is 0 Å². The van der Waals surface area contributed by atoms with E-state index in [4.69, 9.17) is 9.47 Å². The third kappa shape index (κ3) is 3.65. The maximum Gasteiger partial charge on any atom is 0.339 e. The summed E-state index contributed by atoms with van der Waals surface area (Å²) in [5.74, 6) is -0.180. The zero-order chi connectivity index (χ0) is 15.9. The second-order valence-corrected chi connectivity index (χ2v) is 4.71. The van der Waals surface area contributed by atoms with Gasteiger partial charge in [0.05, 0.1) is 13.2 Å². The first-order valence-electron chi connectivity index (χ1n) is 7.34. The van der Waals surface area contributed by atoms with E-state index in [9.17, 15) is 9.90 Å². The number of rotatable bonds is 6. The van der Waals surface area contributed by atoms with Crippen LogP contribution in [0.15, 0.2) is 48.5 Å². The lowest BCUT2D eigenvalue weighted by Gasteiger charge is -2.16. The molecule has 2 aromatic rings. The van der Waals surface area contributed by atoms with Crippen LogP contribution in [0.25, 0.3) is 11.1 Å². The molecule has 0 saturated carbocycles. The van der Waals surface area contributed by atoms with Gasteiger partial charge in [-0.1, -0.05) is 42.5 Å². The molecule has 0 saturated heterocycles. The third-order valence-corrected chi connectivity index (χ3v) is 3.22. The molecule has 0 spiro atoms. The number of esters is 1. The average Bonchev–Trinajstić information content (AvgIpc) is 2.55. The van der Waals surface area contributed by atoms with Crippen LogP contribution in [-0.2, 0) is 9.53 Å². The fourth-order valence-corrected chi connectivity index (χ4v) is 2.20. The minimum Gasteiger partial charge on any atom is -0.493 e. The zero-order valence-corrected chi connectivity index (χ0v) is 12.8. The molecule has 0 radical (unpaired) electrons. The summed E-state index contributed by atoms with van der Waals surface area (Å²) in [5.41, 5.74) is 2.42. The van der Waals surface area contributed by atoms with E-state index >= 15 is 0 Å². The minimum absolute atomic E-state index is 0.224. The number of benzene rings is 2. The third-order valence-electron chi connectivity index (χ3n) is 3.22. The Morgan fingerprint density at radius 3 is 2.41 bits per heavy atom. The monoisotopic (exact) mass is 300 g/mol. The molecule has 22 heavy (non-hydrogen) atoms. The molecule has 0 fully saturated rings. The Hall–Kier alpha value is -2.33. The van der Waals surface area contributed by atoms with Crippen LogP contribution < -0.4 is 4.74 Å². The normalized spacial score (nSPS) is 11.8. The first kappa shape index (κ1) is 16.0. The fourth-order valence-electron chi connectivity index (χ4n) is 2.20. The molecule has 1 unspecified atom stereocenters. The Labute approximate surface area is 130 Å². The van der Waals surface area contributed by atoms with Gasteiger partial charge in [0, 0.05) is 5.56 Å². The van der Waals surface area contributed by atoms with E-state index < -0.39 is 12.1 Å². The number of ether oxygens (including phenoxy) is 2. The number of hydrogen-bond acceptors (Lipinski definition) is 4. The number of carbonyl (C=O) groups is 1. The van der Waals surface area contributed by atoms with Crippen molar-refractivity contribution in [2.24, 2.45) is 0 Å². The predicted molar refractivity (Wildman–Crippen MR) is 84.6 cm³/mol. The Morgan fingerprint density at radius 1 is 1.05 bits per heavy atom. The van der Waals surface area contributed by atoms with Crippen LogP contribution in [0.4, 0.5) is 0 Å². The van der Waals surface area contributed by atoms with Crippen LogP contribution in [0.2, 0.25) is 0 Å². The molecule has 2 aromatic carbocycles. The van der Waals surface area contributed by atoms with Gasteiger partial charge in [0.1, 0.15) is 5.75 Å². The van der Waals surface area contributed by atoms with Crippen LogP contribution in [0.5, 0.6) is 5.75 Å². The summed E-state index contributed by atoms with van der Waals surface area (Å²) in [4.78, 5) is 11.7. The van der Waals surface area contributed by atoms with Gasteiger partial charge in [0.25, 0.3) is 0 Å². The molecular formula is C18H20O4. The summed E-state index contributed by atoms with van der Waals surface area (Å²) < 4.78 is 10.4. The summed E-state index contributed by atoms with van der Waals surface area (Å²) in [6.45, 7) is 4.23. The molecule has 4 nitrogen and oxygen atoms in total. The van der Waals surface area contributed by atoms with E-state index in [1.807, 2.05) is 49.4 Å². The lowest BCUT2D eigenvalue weighted by Crippen LogP contribution is -2.16. The lowest BCUT2D eigenvalue weighted by molar-refractivity contribution is -0.153. The molecule has 0 aliphatic rings. The molecule has 0 bridgehead atoms. The van der Waals surface area contributed by atoms with Crippen molar-refractivity contribution in [3.63, 3.8) is 0 Å². The van der Waals surface area contributed by atoms with Crippen LogP contribution in [0.1, 0.15) is 25.5 Å². The van der Waals surface area contributed by atoms with Gasteiger partial charge in [0.15, 0.2) is 6.10 Å². The van der Waals surface area contributed by atoms with E-state index in [-0.39, 0.29) is 6.61 Å². The number of hydrogen-bond donors (Lipinski definition) is 1. The summed E-state index contributed by atoms with van der Waals surface area (Å²) >= 11 is 0. The SMILES string of the molecule is CCOC(=O)C(O)c1ccc(-c2ccccc2)cc1OCC. The zero-order valence-electron chi connectivity index (χ0n) is 12.8. The molecule has 0 aliphatic heterocycles. The first-order chi connectivity index (χ1) is 10.7. The van der Waals surface area contributed by atoms with E-state index in [1.54, 1.807) is 13.0 Å². The molecule has 0 amide bonds. The topological polar surface area (TPSA) is 55.8 Å². The van der Waals surface area contributed by atoms with Gasteiger partial charge >= 0.3 is 5.97 Å². The molecule has 4 heteroatoms. The molecular weight excluding hydrogens is 280 g/mol. The molecule has 0 aromatic heterocycles. The number of carbonyl (C=O) groups excluding carboxylic acids is 1. The lowest BCUT2D eigenvalue weighted by atomic mass is 10.0. The Bertz CT molecular complexity index is 622. The average molecular weight is 300 g/mol. The van der Waals surface area contributed by atoms with Crippen LogP contribution in [-0.4, -0.2) is 24.3 Å². The van der Waals surface area contributed by atoms with Gasteiger partial charge in [-0.05, 0) is 31.0 Å². The van der Waals surface area contributed by atoms with E-state index in [2.05, 4.69) is 0 Å². The van der Waals surface area contributed by atoms with Gasteiger partial charge in [-0.3, -0.25) is 0 Å². The fraction of sp³-hybridized carbons (Fsp3) is 0.278. The molecule has 0 aliphatic carbocycles. The van der Waals surface area contributed by atoms with Gasteiger partial charge < -0.3 is 14.6 Å². The van der Waals surface area contributed by atoms with Crippen molar-refractivity contribution in [1.82, 2.24) is 0 Å². The van der Waals surface area contributed by atoms with Crippen molar-refractivity contribution in [3.05, 3.63) is 54.1 Å². The Kier molecular flexibility index (Phi) is 5.55. The van der Waals surface area contributed by atoms with E-state index in [0.717, 1.165) is 11.1 Å². The minimum atomic E-state index is -1.34. The highest BCUT2D eigenvalue weighted by Crippen LogP contribution is 2.31. The van der Waals surface area contributed by atoms with Crippen LogP contribution >= 0.6 is 0 Å². The Balaban J connectivity index is 2.37. The highest BCUT2D eigenvalue weighted by atomic mass is 16.5. The van der Waals surface area contributed by atoms with Crippen LogP contribution in [0, 0.1) is 0 Å². The highest BCUT2D eigenvalue weighted by Gasteiger charge is 2.23. The van der Waals surface area contributed by atoms with Crippen LogP contribution in [0.3, 0.4) is 0 Å². The van der Waals surface area contributed by atoms with Crippen molar-refractivity contribution < 1.29 is 19.4 Å². The highest BCUT2D eigenvalue weighted by molar-refractivity contribution is 5.78. The van der Waals surface area contributed by atoms with Crippen molar-refractivity contribution in [3.8, 4) is 16.9 Å². The van der Waals surface area contributed by atoms with Crippen molar-refractivity contribution in [2.75, 3.05) is 13.2 Å². The summed E-state index contributed by atoms with van der Waals surface area (Å²) in [6.07, 6.45) is -1.34. The van der Waals surface area contributed by atoms with Gasteiger partial charge in [-0.25, -0.2) is 4.79 Å². The van der Waals surface area contributed by atoms with Gasteiger partial charge in [0.2, 0.25) is 0 Å². The predicted octanol–water partition coefficient (Wildman–Crippen LogP) is 3.35. The molecule has 1 N–H and O–H groups in total. The van der Waals surface area contributed by atoms with Crippen molar-refractivity contribution in [2.45, 2.75) is 20.0 Å². The summed E-state index contributed by atoms with van der Waals surface area (Å²) in [5, 5.41) is 10.1. The number of aliphatic hydroxyl groups excluding tert-OH is 1. The summed E-state index contributed by atoms with van der Waals surface area (Å²) in [7, 11) is 0. The van der Waals surface area contributed by atoms with Crippen molar-refractivity contribution in [1.29, 1.82) is 0 Å². The number of aliphatic hydroxyl groups is 1. The molecule has 0 heterocycles. The largest absolute Gasteiger partial charge is 0.493 e. The quantitative estimate of drug-likeness (QED) is 0.831. The second-order valence-electron chi connectivity index (χ2n) is 4.71. The Morgan fingerprint density at radius 2 is 1.77 bits per heavy atom. The smallest absolute Gasteiger partial charge is 0.339 e. The first-order valence-corrected chi connectivity index (χ1v) is 7.34. The maximum absolute atomic E-state index is 11.7. The molecule has 1 atom stereocenters.